The van der Waals surface area contributed by atoms with Crippen LogP contribution in [0.3, 0.4) is 0 Å². The number of carbonyl (C=O) groups is 1. The molecule has 2 rings (SSSR count). The summed E-state index contributed by atoms with van der Waals surface area (Å²) < 4.78 is 0. The Morgan fingerprint density at radius 3 is 2.50 bits per heavy atom. The zero-order chi connectivity index (χ0) is 14.5. The number of nitrogens with two attached hydrogens (primary N) is 1. The highest BCUT2D eigenvalue weighted by molar-refractivity contribution is 5.81. The van der Waals surface area contributed by atoms with Crippen molar-refractivity contribution in [3.05, 3.63) is 0 Å². The van der Waals surface area contributed by atoms with Crippen molar-refractivity contribution in [3.63, 3.8) is 0 Å². The van der Waals surface area contributed by atoms with Crippen LogP contribution in [0.25, 0.3) is 0 Å². The first-order valence-corrected chi connectivity index (χ1v) is 8.33. The molecule has 116 valence electrons. The number of carbonyl (C=O) groups excluding carboxylic acids is 1. The van der Waals surface area contributed by atoms with Crippen LogP contribution < -0.4 is 11.1 Å². The van der Waals surface area contributed by atoms with Crippen molar-refractivity contribution in [2.45, 2.75) is 76.4 Å². The minimum Gasteiger partial charge on any atom is -0.353 e. The SMILES string of the molecule is CC(CNC(=O)C(N)CC1CCCCC1)N(C)C1CC1. The maximum atomic E-state index is 12.1. The van der Waals surface area contributed by atoms with E-state index in [0.29, 0.717) is 18.5 Å². The summed E-state index contributed by atoms with van der Waals surface area (Å²) in [7, 11) is 2.15. The molecule has 2 aliphatic carbocycles. The molecule has 3 N–H and O–H groups in total. The van der Waals surface area contributed by atoms with E-state index in [0.717, 1.165) is 12.5 Å². The molecule has 2 unspecified atom stereocenters. The van der Waals surface area contributed by atoms with Crippen molar-refractivity contribution in [2.75, 3.05) is 13.6 Å². The Hall–Kier alpha value is -0.610. The van der Waals surface area contributed by atoms with Crippen LogP contribution >= 0.6 is 0 Å². The fraction of sp³-hybridized carbons (Fsp3) is 0.938. The lowest BCUT2D eigenvalue weighted by Crippen LogP contribution is -2.47. The van der Waals surface area contributed by atoms with Gasteiger partial charge in [0.2, 0.25) is 5.91 Å². The Bertz CT molecular complexity index is 311. The number of rotatable bonds is 7. The van der Waals surface area contributed by atoms with E-state index in [1.165, 1.54) is 44.9 Å². The molecule has 2 fully saturated rings. The summed E-state index contributed by atoms with van der Waals surface area (Å²) in [4.78, 5) is 14.4. The van der Waals surface area contributed by atoms with Gasteiger partial charge in [-0.2, -0.15) is 0 Å². The Labute approximate surface area is 123 Å². The molecule has 0 aliphatic heterocycles. The molecule has 4 nitrogen and oxygen atoms in total. The number of amides is 1. The zero-order valence-corrected chi connectivity index (χ0v) is 13.1. The van der Waals surface area contributed by atoms with Crippen molar-refractivity contribution in [3.8, 4) is 0 Å². The lowest BCUT2D eigenvalue weighted by molar-refractivity contribution is -0.123. The molecule has 0 radical (unpaired) electrons. The van der Waals surface area contributed by atoms with Crippen LogP contribution in [0.15, 0.2) is 0 Å². The van der Waals surface area contributed by atoms with E-state index in [-0.39, 0.29) is 11.9 Å². The van der Waals surface area contributed by atoms with Gasteiger partial charge in [-0.1, -0.05) is 32.1 Å². The van der Waals surface area contributed by atoms with E-state index in [1.54, 1.807) is 0 Å². The zero-order valence-electron chi connectivity index (χ0n) is 13.1. The molecule has 2 aliphatic rings. The lowest BCUT2D eigenvalue weighted by atomic mass is 9.85. The fourth-order valence-corrected chi connectivity index (χ4v) is 3.25. The minimum atomic E-state index is -0.323. The first-order chi connectivity index (χ1) is 9.58. The van der Waals surface area contributed by atoms with Crippen LogP contribution in [-0.2, 0) is 4.79 Å². The van der Waals surface area contributed by atoms with Crippen molar-refractivity contribution >= 4 is 5.91 Å². The molecule has 4 heteroatoms. The molecule has 0 spiro atoms. The monoisotopic (exact) mass is 281 g/mol. The Balaban J connectivity index is 1.64. The summed E-state index contributed by atoms with van der Waals surface area (Å²) in [5, 5.41) is 3.03. The van der Waals surface area contributed by atoms with E-state index in [4.69, 9.17) is 5.73 Å². The average molecular weight is 281 g/mol. The molecule has 2 atom stereocenters. The van der Waals surface area contributed by atoms with Crippen molar-refractivity contribution in [1.82, 2.24) is 10.2 Å². The minimum absolute atomic E-state index is 0.0339. The smallest absolute Gasteiger partial charge is 0.236 e. The van der Waals surface area contributed by atoms with Gasteiger partial charge in [0.25, 0.3) is 0 Å². The highest BCUT2D eigenvalue weighted by Gasteiger charge is 2.29. The van der Waals surface area contributed by atoms with Crippen LogP contribution in [0.4, 0.5) is 0 Å². The standard InChI is InChI=1S/C16H31N3O/c1-12(19(2)14-8-9-14)11-18-16(20)15(17)10-13-6-4-3-5-7-13/h12-15H,3-11,17H2,1-2H3,(H,18,20). The summed E-state index contributed by atoms with van der Waals surface area (Å²) in [6.45, 7) is 2.88. The van der Waals surface area contributed by atoms with Gasteiger partial charge in [0.1, 0.15) is 0 Å². The molecule has 0 aromatic rings. The van der Waals surface area contributed by atoms with Gasteiger partial charge in [0, 0.05) is 18.6 Å². The molecule has 2 saturated carbocycles. The maximum Gasteiger partial charge on any atom is 0.236 e. The number of nitrogens with zero attached hydrogens (tertiary/aromatic N) is 1. The molecule has 20 heavy (non-hydrogen) atoms. The van der Waals surface area contributed by atoms with Gasteiger partial charge in [0.05, 0.1) is 6.04 Å². The van der Waals surface area contributed by atoms with Crippen LogP contribution in [0.2, 0.25) is 0 Å². The quantitative estimate of drug-likeness (QED) is 0.749. The summed E-state index contributed by atoms with van der Waals surface area (Å²) in [5.41, 5.74) is 6.06. The summed E-state index contributed by atoms with van der Waals surface area (Å²) in [6.07, 6.45) is 9.93. The molecular weight excluding hydrogens is 250 g/mol. The summed E-state index contributed by atoms with van der Waals surface area (Å²) in [5.74, 6) is 0.697. The predicted octanol–water partition coefficient (Wildman–Crippen LogP) is 1.88. The predicted molar refractivity (Wildman–Crippen MR) is 82.4 cm³/mol. The van der Waals surface area contributed by atoms with E-state index in [1.807, 2.05) is 0 Å². The number of hydrogen-bond acceptors (Lipinski definition) is 3. The molecule has 0 aromatic heterocycles. The summed E-state index contributed by atoms with van der Waals surface area (Å²) >= 11 is 0. The third-order valence-electron chi connectivity index (χ3n) is 5.04. The molecular formula is C16H31N3O. The highest BCUT2D eigenvalue weighted by atomic mass is 16.2. The van der Waals surface area contributed by atoms with Gasteiger partial charge in [-0.15, -0.1) is 0 Å². The molecule has 0 bridgehead atoms. The first kappa shape index (κ1) is 15.8. The highest BCUT2D eigenvalue weighted by Crippen LogP contribution is 2.27. The van der Waals surface area contributed by atoms with Gasteiger partial charge in [-0.25, -0.2) is 0 Å². The Morgan fingerprint density at radius 2 is 1.90 bits per heavy atom. The Morgan fingerprint density at radius 1 is 1.25 bits per heavy atom. The van der Waals surface area contributed by atoms with Gasteiger partial charge in [-0.05, 0) is 39.2 Å². The van der Waals surface area contributed by atoms with Crippen molar-refractivity contribution in [2.24, 2.45) is 11.7 Å². The lowest BCUT2D eigenvalue weighted by Gasteiger charge is -2.26. The maximum absolute atomic E-state index is 12.1. The van der Waals surface area contributed by atoms with E-state index < -0.39 is 0 Å². The van der Waals surface area contributed by atoms with Crippen LogP contribution in [0, 0.1) is 5.92 Å². The van der Waals surface area contributed by atoms with Gasteiger partial charge >= 0.3 is 0 Å². The molecule has 1 amide bonds. The number of nitrogens with one attached hydrogen (secondary N) is 1. The van der Waals surface area contributed by atoms with E-state index >= 15 is 0 Å². The fourth-order valence-electron chi connectivity index (χ4n) is 3.25. The first-order valence-electron chi connectivity index (χ1n) is 8.33. The summed E-state index contributed by atoms with van der Waals surface area (Å²) in [6, 6.07) is 0.808. The van der Waals surface area contributed by atoms with Gasteiger partial charge in [-0.3, -0.25) is 9.69 Å². The molecule has 0 saturated heterocycles. The van der Waals surface area contributed by atoms with Crippen molar-refractivity contribution in [1.29, 1.82) is 0 Å². The number of likely N-dealkylation sites (N-methyl/N-ethyl adjacent to an activating group) is 1. The van der Waals surface area contributed by atoms with Crippen LogP contribution in [0.1, 0.15) is 58.3 Å². The van der Waals surface area contributed by atoms with Crippen LogP contribution in [-0.4, -0.2) is 42.5 Å². The van der Waals surface area contributed by atoms with E-state index in [9.17, 15) is 4.79 Å². The molecule has 0 heterocycles. The topological polar surface area (TPSA) is 58.4 Å². The normalized spacial score (nSPS) is 23.6. The second-order valence-corrected chi connectivity index (χ2v) is 6.84. The molecule has 0 aromatic carbocycles. The second kappa shape index (κ2) is 7.41. The largest absolute Gasteiger partial charge is 0.353 e. The van der Waals surface area contributed by atoms with Gasteiger partial charge < -0.3 is 11.1 Å². The number of hydrogen-bond donors (Lipinski definition) is 2. The van der Waals surface area contributed by atoms with E-state index in [2.05, 4.69) is 24.2 Å². The third kappa shape index (κ3) is 4.74. The second-order valence-electron chi connectivity index (χ2n) is 6.84. The average Bonchev–Trinajstić information content (AvgIpc) is 3.29. The van der Waals surface area contributed by atoms with Gasteiger partial charge in [0.15, 0.2) is 0 Å². The third-order valence-corrected chi connectivity index (χ3v) is 5.04. The Kier molecular flexibility index (Phi) is 5.85. The van der Waals surface area contributed by atoms with Crippen LogP contribution in [0.5, 0.6) is 0 Å². The van der Waals surface area contributed by atoms with Crippen molar-refractivity contribution < 1.29 is 4.79 Å².